The van der Waals surface area contributed by atoms with Gasteiger partial charge in [-0.2, -0.15) is 0 Å². The van der Waals surface area contributed by atoms with E-state index in [4.69, 9.17) is 4.98 Å². The van der Waals surface area contributed by atoms with Gasteiger partial charge in [-0.05, 0) is 80.2 Å². The Morgan fingerprint density at radius 3 is 2.70 bits per heavy atom. The van der Waals surface area contributed by atoms with Crippen molar-refractivity contribution in [2.75, 3.05) is 0 Å². The molecule has 0 N–H and O–H groups in total. The molecule has 0 aliphatic heterocycles. The molecule has 4 aliphatic rings. The lowest BCUT2D eigenvalue weighted by atomic mass is 9.47. The first kappa shape index (κ1) is 19.8. The number of aromatic nitrogens is 4. The minimum atomic E-state index is 0.250. The molecular weight excluding hydrogens is 404 g/mol. The molecule has 2 heterocycles. The summed E-state index contributed by atoms with van der Waals surface area (Å²) in [5.41, 5.74) is 6.23. The summed E-state index contributed by atoms with van der Waals surface area (Å²) in [5.74, 6) is 2.37. The first-order valence-electron chi connectivity index (χ1n) is 12.9. The third-order valence-electron chi connectivity index (χ3n) is 10.3. The highest BCUT2D eigenvalue weighted by Crippen LogP contribution is 2.66. The Kier molecular flexibility index (Phi) is 4.17. The van der Waals surface area contributed by atoms with Crippen LogP contribution in [0.1, 0.15) is 64.8 Å². The van der Waals surface area contributed by atoms with Gasteiger partial charge in [-0.15, -0.1) is 0 Å². The van der Waals surface area contributed by atoms with Gasteiger partial charge in [-0.25, -0.2) is 9.97 Å². The summed E-state index contributed by atoms with van der Waals surface area (Å²) in [6.45, 7) is 5.16. The second-order valence-corrected chi connectivity index (χ2v) is 11.6. The van der Waals surface area contributed by atoms with E-state index >= 15 is 0 Å². The summed E-state index contributed by atoms with van der Waals surface area (Å²) in [4.78, 5) is 9.02. The van der Waals surface area contributed by atoms with Crippen LogP contribution in [-0.4, -0.2) is 19.1 Å². The largest absolute Gasteiger partial charge is 0.334 e. The van der Waals surface area contributed by atoms with Crippen LogP contribution in [0.3, 0.4) is 0 Å². The van der Waals surface area contributed by atoms with Crippen LogP contribution < -0.4 is 0 Å². The van der Waals surface area contributed by atoms with Gasteiger partial charge >= 0.3 is 0 Å². The van der Waals surface area contributed by atoms with Gasteiger partial charge in [0, 0.05) is 29.5 Å². The van der Waals surface area contributed by atoms with Crippen molar-refractivity contribution in [3.8, 4) is 0 Å². The highest BCUT2D eigenvalue weighted by molar-refractivity contribution is 5.80. The third-order valence-corrected chi connectivity index (χ3v) is 10.3. The summed E-state index contributed by atoms with van der Waals surface area (Å²) in [5, 5.41) is 0. The number of fused-ring (bicyclic) bond motifs is 6. The quantitative estimate of drug-likeness (QED) is 0.409. The Morgan fingerprint density at radius 2 is 1.82 bits per heavy atom. The monoisotopic (exact) mass is 438 g/mol. The fraction of sp³-hybridized carbons (Fsp3) is 0.517. The molecule has 0 spiro atoms. The number of nitrogens with zero attached hydrogens (tertiary/aromatic N) is 4. The van der Waals surface area contributed by atoms with Crippen molar-refractivity contribution >= 4 is 16.7 Å². The van der Waals surface area contributed by atoms with Crippen molar-refractivity contribution in [1.82, 2.24) is 19.1 Å². The minimum absolute atomic E-state index is 0.250. The van der Waals surface area contributed by atoms with Crippen LogP contribution in [0.4, 0.5) is 0 Å². The summed E-state index contributed by atoms with van der Waals surface area (Å²) in [7, 11) is 0. The van der Waals surface area contributed by atoms with E-state index in [1.165, 1.54) is 56.2 Å². The molecule has 4 nitrogen and oxygen atoms in total. The molecular formula is C29H34N4. The normalized spacial score (nSPS) is 37.8. The molecule has 6 atom stereocenters. The molecule has 2 aromatic heterocycles. The van der Waals surface area contributed by atoms with Crippen molar-refractivity contribution in [1.29, 1.82) is 0 Å². The fourth-order valence-corrected chi connectivity index (χ4v) is 8.45. The highest BCUT2D eigenvalue weighted by atomic mass is 15.1. The van der Waals surface area contributed by atoms with Crippen molar-refractivity contribution < 1.29 is 0 Å². The summed E-state index contributed by atoms with van der Waals surface area (Å²) < 4.78 is 4.74. The number of rotatable bonds is 2. The molecule has 170 valence electrons. The standard InChI is InChI=1S/C29H34N4/c1-28-13-11-21(32-16-15-30-18-32)17-20(28)7-8-22-23-9-10-27(29(23,2)14-12-24(22)28)33-19-31-25-5-3-4-6-26(25)33/h3-7,10,15-16,18-19,21-24H,8-9,11-14,17H2,1-2H3/t21-,22?,23?,24?,28-,29-/m0/s1. The Hall–Kier alpha value is -2.62. The van der Waals surface area contributed by atoms with Gasteiger partial charge in [0.2, 0.25) is 0 Å². The highest BCUT2D eigenvalue weighted by Gasteiger charge is 2.57. The molecule has 2 saturated carbocycles. The topological polar surface area (TPSA) is 35.6 Å². The van der Waals surface area contributed by atoms with Crippen LogP contribution in [-0.2, 0) is 0 Å². The van der Waals surface area contributed by atoms with E-state index in [9.17, 15) is 0 Å². The second kappa shape index (κ2) is 6.94. The molecule has 7 rings (SSSR count). The summed E-state index contributed by atoms with van der Waals surface area (Å²) in [6, 6.07) is 9.17. The first-order valence-corrected chi connectivity index (χ1v) is 12.9. The van der Waals surface area contributed by atoms with Crippen LogP contribution in [0.5, 0.6) is 0 Å². The number of hydrogen-bond donors (Lipinski definition) is 0. The van der Waals surface area contributed by atoms with Crippen LogP contribution >= 0.6 is 0 Å². The number of allylic oxidation sites excluding steroid dienone is 4. The maximum absolute atomic E-state index is 4.71. The Bertz CT molecular complexity index is 1260. The molecule has 2 fully saturated rings. The van der Waals surface area contributed by atoms with Gasteiger partial charge < -0.3 is 9.13 Å². The summed E-state index contributed by atoms with van der Waals surface area (Å²) >= 11 is 0. The van der Waals surface area contributed by atoms with Gasteiger partial charge in [-0.1, -0.05) is 43.7 Å². The molecule has 0 bridgehead atoms. The average molecular weight is 439 g/mol. The van der Waals surface area contributed by atoms with Crippen LogP contribution in [0, 0.1) is 28.6 Å². The van der Waals surface area contributed by atoms with Crippen LogP contribution in [0.2, 0.25) is 0 Å². The maximum atomic E-state index is 4.71. The molecule has 4 heteroatoms. The fourth-order valence-electron chi connectivity index (χ4n) is 8.45. The van der Waals surface area contributed by atoms with E-state index in [-0.39, 0.29) is 5.41 Å². The Balaban J connectivity index is 1.20. The van der Waals surface area contributed by atoms with Gasteiger partial charge in [0.1, 0.15) is 6.33 Å². The molecule has 3 aromatic rings. The zero-order valence-corrected chi connectivity index (χ0v) is 19.8. The molecule has 0 radical (unpaired) electrons. The first-order chi connectivity index (χ1) is 16.1. The van der Waals surface area contributed by atoms with Gasteiger partial charge in [0.15, 0.2) is 0 Å². The predicted molar refractivity (Wildman–Crippen MR) is 132 cm³/mol. The molecule has 33 heavy (non-hydrogen) atoms. The lowest BCUT2D eigenvalue weighted by Crippen LogP contribution is -2.49. The van der Waals surface area contributed by atoms with E-state index in [0.29, 0.717) is 11.5 Å². The van der Waals surface area contributed by atoms with Crippen LogP contribution in [0.25, 0.3) is 16.7 Å². The van der Waals surface area contributed by atoms with E-state index in [2.05, 4.69) is 76.9 Å². The number of hydrogen-bond acceptors (Lipinski definition) is 2. The number of para-hydroxylation sites is 2. The summed E-state index contributed by atoms with van der Waals surface area (Å²) in [6.07, 6.45) is 22.3. The molecule has 3 unspecified atom stereocenters. The lowest BCUT2D eigenvalue weighted by molar-refractivity contribution is -0.0151. The van der Waals surface area contributed by atoms with Gasteiger partial charge in [0.05, 0.1) is 17.4 Å². The average Bonchev–Trinajstić information content (AvgIpc) is 3.57. The molecule has 0 amide bonds. The van der Waals surface area contributed by atoms with E-state index in [0.717, 1.165) is 23.3 Å². The van der Waals surface area contributed by atoms with Gasteiger partial charge in [0.25, 0.3) is 0 Å². The Labute approximate surface area is 196 Å². The van der Waals surface area contributed by atoms with E-state index < -0.39 is 0 Å². The van der Waals surface area contributed by atoms with Crippen molar-refractivity contribution in [2.24, 2.45) is 28.6 Å². The molecule has 4 aliphatic carbocycles. The molecule has 1 aromatic carbocycles. The van der Waals surface area contributed by atoms with Crippen LogP contribution in [0.15, 0.2) is 67.0 Å². The second-order valence-electron chi connectivity index (χ2n) is 11.6. The number of benzene rings is 1. The van der Waals surface area contributed by atoms with E-state index in [1.807, 2.05) is 12.5 Å². The maximum Gasteiger partial charge on any atom is 0.100 e. The smallest absolute Gasteiger partial charge is 0.100 e. The predicted octanol–water partition coefficient (Wildman–Crippen LogP) is 6.89. The van der Waals surface area contributed by atoms with Crippen molar-refractivity contribution in [3.63, 3.8) is 0 Å². The van der Waals surface area contributed by atoms with E-state index in [1.54, 1.807) is 5.57 Å². The third kappa shape index (κ3) is 2.70. The number of imidazole rings is 2. The lowest BCUT2D eigenvalue weighted by Gasteiger charge is -2.58. The SMILES string of the molecule is C[C@]12CC[C@H](n3ccnc3)CC1=CCC1C2CC[C@]2(C)C(n3cnc4ccccc43)=CCC12. The molecule has 0 saturated heterocycles. The van der Waals surface area contributed by atoms with Gasteiger partial charge in [-0.3, -0.25) is 0 Å². The Morgan fingerprint density at radius 1 is 0.939 bits per heavy atom. The zero-order chi connectivity index (χ0) is 22.2. The van der Waals surface area contributed by atoms with Crippen molar-refractivity contribution in [2.45, 2.75) is 64.8 Å². The minimum Gasteiger partial charge on any atom is -0.334 e. The van der Waals surface area contributed by atoms with Crippen molar-refractivity contribution in [3.05, 3.63) is 67.0 Å². The zero-order valence-electron chi connectivity index (χ0n) is 19.8.